The van der Waals surface area contributed by atoms with Gasteiger partial charge in [0.05, 0.1) is 20.3 Å². The maximum absolute atomic E-state index is 5.47. The fourth-order valence-electron chi connectivity index (χ4n) is 3.34. The molecule has 2 rings (SSSR count). The fraction of sp³-hybridized carbons (Fsp3) is 0.650. The topological polar surface area (TPSA) is 49.3 Å². The maximum atomic E-state index is 5.47. The fourth-order valence-corrected chi connectivity index (χ4v) is 4.52. The summed E-state index contributed by atoms with van der Waals surface area (Å²) in [6, 6.07) is 6.31. The number of aliphatic imine (C=N–C) groups is 1. The number of nitrogens with one attached hydrogen (secondary N) is 1. The average molecular weight is 395 g/mol. The van der Waals surface area contributed by atoms with Crippen LogP contribution in [0, 0.1) is 0 Å². The van der Waals surface area contributed by atoms with Gasteiger partial charge in [0.15, 0.2) is 17.5 Å². The summed E-state index contributed by atoms with van der Waals surface area (Å²) in [5, 5.41) is 4.27. The lowest BCUT2D eigenvalue weighted by atomic mass is 10.1. The Hall–Kier alpha value is -1.60. The van der Waals surface area contributed by atoms with Gasteiger partial charge in [0.25, 0.3) is 0 Å². The largest absolute Gasteiger partial charge is 0.493 e. The molecule has 0 radical (unpaired) electrons. The summed E-state index contributed by atoms with van der Waals surface area (Å²) in [5.41, 5.74) is 1.18. The van der Waals surface area contributed by atoms with Crippen molar-refractivity contribution in [3.63, 3.8) is 0 Å². The van der Waals surface area contributed by atoms with E-state index in [9.17, 15) is 0 Å². The molecule has 0 amide bonds. The standard InChI is InChI=1S/C20H34N4O2S/c1-7-16-14-24(10-11-27-16)20(21-2)22-13-17(23(3)4)15-8-9-18(25-5)19(12-15)26-6/h8-9,12,16-17H,7,10-11,13-14H2,1-6H3,(H,21,22). The van der Waals surface area contributed by atoms with Crippen LogP contribution < -0.4 is 14.8 Å². The van der Waals surface area contributed by atoms with Crippen molar-refractivity contribution in [3.05, 3.63) is 23.8 Å². The highest BCUT2D eigenvalue weighted by molar-refractivity contribution is 8.00. The highest BCUT2D eigenvalue weighted by Gasteiger charge is 2.23. The van der Waals surface area contributed by atoms with Gasteiger partial charge in [0, 0.05) is 37.7 Å². The summed E-state index contributed by atoms with van der Waals surface area (Å²) in [6.45, 7) is 5.14. The number of hydrogen-bond acceptors (Lipinski definition) is 5. The quantitative estimate of drug-likeness (QED) is 0.567. The van der Waals surface area contributed by atoms with Gasteiger partial charge in [0.1, 0.15) is 0 Å². The molecule has 1 fully saturated rings. The highest BCUT2D eigenvalue weighted by atomic mass is 32.2. The Morgan fingerprint density at radius 2 is 2.07 bits per heavy atom. The van der Waals surface area contributed by atoms with Gasteiger partial charge in [-0.15, -0.1) is 0 Å². The molecule has 0 spiro atoms. The van der Waals surface area contributed by atoms with Crippen LogP contribution >= 0.6 is 11.8 Å². The highest BCUT2D eigenvalue weighted by Crippen LogP contribution is 2.31. The molecule has 0 aliphatic carbocycles. The van der Waals surface area contributed by atoms with Gasteiger partial charge in [-0.05, 0) is 38.2 Å². The molecule has 152 valence electrons. The Morgan fingerprint density at radius 1 is 1.33 bits per heavy atom. The van der Waals surface area contributed by atoms with Crippen molar-refractivity contribution in [2.75, 3.05) is 60.7 Å². The zero-order chi connectivity index (χ0) is 19.8. The molecule has 1 aliphatic heterocycles. The average Bonchev–Trinajstić information content (AvgIpc) is 2.70. The minimum atomic E-state index is 0.197. The monoisotopic (exact) mass is 394 g/mol. The number of thioether (sulfide) groups is 1. The van der Waals surface area contributed by atoms with E-state index in [0.717, 1.165) is 42.8 Å². The third-order valence-corrected chi connectivity index (χ3v) is 6.35. The van der Waals surface area contributed by atoms with Crippen LogP contribution in [0.3, 0.4) is 0 Å². The van der Waals surface area contributed by atoms with E-state index < -0.39 is 0 Å². The van der Waals surface area contributed by atoms with E-state index in [-0.39, 0.29) is 6.04 Å². The first-order valence-corrected chi connectivity index (χ1v) is 10.5. The molecule has 0 bridgehead atoms. The van der Waals surface area contributed by atoms with E-state index in [1.807, 2.05) is 13.1 Å². The minimum Gasteiger partial charge on any atom is -0.493 e. The lowest BCUT2D eigenvalue weighted by Gasteiger charge is -2.35. The van der Waals surface area contributed by atoms with Crippen LogP contribution in [0.5, 0.6) is 11.5 Å². The molecule has 1 heterocycles. The second-order valence-corrected chi connectivity index (χ2v) is 8.28. The van der Waals surface area contributed by atoms with Crippen molar-refractivity contribution >= 4 is 17.7 Å². The second kappa shape index (κ2) is 10.7. The van der Waals surface area contributed by atoms with Crippen molar-refractivity contribution in [1.29, 1.82) is 0 Å². The molecule has 27 heavy (non-hydrogen) atoms. The molecule has 1 aromatic carbocycles. The van der Waals surface area contributed by atoms with Crippen molar-refractivity contribution in [2.24, 2.45) is 4.99 Å². The van der Waals surface area contributed by atoms with Crippen LogP contribution in [0.4, 0.5) is 0 Å². The number of nitrogens with zero attached hydrogens (tertiary/aromatic N) is 3. The van der Waals surface area contributed by atoms with Crippen LogP contribution in [0.2, 0.25) is 0 Å². The summed E-state index contributed by atoms with van der Waals surface area (Å²) in [4.78, 5) is 9.12. The Labute approximate surface area is 168 Å². The Morgan fingerprint density at radius 3 is 2.67 bits per heavy atom. The van der Waals surface area contributed by atoms with Gasteiger partial charge in [-0.3, -0.25) is 4.99 Å². The molecule has 0 aromatic heterocycles. The summed E-state index contributed by atoms with van der Waals surface area (Å²) < 4.78 is 10.8. The number of likely N-dealkylation sites (N-methyl/N-ethyl adjacent to an activating group) is 1. The van der Waals surface area contributed by atoms with E-state index in [1.54, 1.807) is 14.2 Å². The molecule has 7 heteroatoms. The van der Waals surface area contributed by atoms with Gasteiger partial charge in [-0.1, -0.05) is 13.0 Å². The molecular formula is C20H34N4O2S. The first-order valence-electron chi connectivity index (χ1n) is 9.49. The van der Waals surface area contributed by atoms with Crippen LogP contribution in [-0.4, -0.2) is 81.8 Å². The zero-order valence-electron chi connectivity index (χ0n) is 17.5. The van der Waals surface area contributed by atoms with E-state index >= 15 is 0 Å². The van der Waals surface area contributed by atoms with E-state index in [2.05, 4.69) is 65.0 Å². The number of benzene rings is 1. The molecule has 1 N–H and O–H groups in total. The minimum absolute atomic E-state index is 0.197. The first-order chi connectivity index (χ1) is 13.0. The maximum Gasteiger partial charge on any atom is 0.193 e. The van der Waals surface area contributed by atoms with Gasteiger partial charge in [-0.25, -0.2) is 0 Å². The van der Waals surface area contributed by atoms with Crippen molar-refractivity contribution in [2.45, 2.75) is 24.6 Å². The molecule has 1 aromatic rings. The first kappa shape index (κ1) is 21.7. The Bertz CT molecular complexity index is 624. The van der Waals surface area contributed by atoms with Crippen molar-refractivity contribution in [3.8, 4) is 11.5 Å². The van der Waals surface area contributed by atoms with E-state index in [1.165, 1.54) is 12.0 Å². The SMILES string of the molecule is CCC1CN(C(=NC)NCC(c2ccc(OC)c(OC)c2)N(C)C)CCS1. The molecule has 2 atom stereocenters. The molecular weight excluding hydrogens is 360 g/mol. The number of rotatable bonds is 7. The van der Waals surface area contributed by atoms with Gasteiger partial charge < -0.3 is 24.6 Å². The lowest BCUT2D eigenvalue weighted by Crippen LogP contribution is -2.49. The summed E-state index contributed by atoms with van der Waals surface area (Å²) in [7, 11) is 9.39. The summed E-state index contributed by atoms with van der Waals surface area (Å²) >= 11 is 2.07. The predicted octanol–water partition coefficient (Wildman–Crippen LogP) is 2.71. The number of guanidine groups is 1. The molecule has 1 saturated heterocycles. The smallest absolute Gasteiger partial charge is 0.193 e. The number of methoxy groups -OCH3 is 2. The van der Waals surface area contributed by atoms with Gasteiger partial charge in [-0.2, -0.15) is 11.8 Å². The zero-order valence-corrected chi connectivity index (χ0v) is 18.3. The van der Waals surface area contributed by atoms with E-state index in [0.29, 0.717) is 5.25 Å². The third kappa shape index (κ3) is 5.69. The Balaban J connectivity index is 2.09. The second-order valence-electron chi connectivity index (χ2n) is 6.87. The van der Waals surface area contributed by atoms with Gasteiger partial charge in [0.2, 0.25) is 0 Å². The predicted molar refractivity (Wildman–Crippen MR) is 115 cm³/mol. The van der Waals surface area contributed by atoms with Crippen molar-refractivity contribution in [1.82, 2.24) is 15.1 Å². The molecule has 6 nitrogen and oxygen atoms in total. The van der Waals surface area contributed by atoms with Crippen molar-refractivity contribution < 1.29 is 9.47 Å². The summed E-state index contributed by atoms with van der Waals surface area (Å²) in [5.74, 6) is 3.65. The summed E-state index contributed by atoms with van der Waals surface area (Å²) in [6.07, 6.45) is 1.20. The van der Waals surface area contributed by atoms with Gasteiger partial charge >= 0.3 is 0 Å². The third-order valence-electron chi connectivity index (χ3n) is 4.97. The molecule has 1 aliphatic rings. The van der Waals surface area contributed by atoms with Crippen LogP contribution in [-0.2, 0) is 0 Å². The van der Waals surface area contributed by atoms with Crippen LogP contribution in [0.1, 0.15) is 24.9 Å². The Kier molecular flexibility index (Phi) is 8.57. The number of ether oxygens (including phenoxy) is 2. The normalized spacial score (nSPS) is 19.1. The van der Waals surface area contributed by atoms with Crippen LogP contribution in [0.15, 0.2) is 23.2 Å². The van der Waals surface area contributed by atoms with Crippen LogP contribution in [0.25, 0.3) is 0 Å². The lowest BCUT2D eigenvalue weighted by molar-refractivity contribution is 0.291. The molecule has 0 saturated carbocycles. The number of hydrogen-bond donors (Lipinski definition) is 1. The molecule has 2 unspecified atom stereocenters. The van der Waals surface area contributed by atoms with E-state index in [4.69, 9.17) is 9.47 Å².